The molecule has 5 nitrogen and oxygen atoms in total. The van der Waals surface area contributed by atoms with E-state index in [9.17, 15) is 8.42 Å². The largest absolute Gasteiger partial charge is 0.377 e. The first-order valence-electron chi connectivity index (χ1n) is 9.84. The lowest BCUT2D eigenvalue weighted by atomic mass is 9.83. The first kappa shape index (κ1) is 18.4. The van der Waals surface area contributed by atoms with E-state index in [0.717, 1.165) is 32.1 Å². The summed E-state index contributed by atoms with van der Waals surface area (Å²) in [4.78, 5) is 0. The van der Waals surface area contributed by atoms with Gasteiger partial charge in [-0.05, 0) is 56.4 Å². The number of benzene rings is 1. The number of sulfonamides is 1. The Morgan fingerprint density at radius 2 is 1.85 bits per heavy atom. The van der Waals surface area contributed by atoms with E-state index >= 15 is 0 Å². The molecule has 0 unspecified atom stereocenters. The maximum absolute atomic E-state index is 11.7. The lowest BCUT2D eigenvalue weighted by molar-refractivity contribution is 0.0120. The topological polar surface area (TPSA) is 67.4 Å². The molecular weight excluding hydrogens is 348 g/mol. The van der Waals surface area contributed by atoms with Crippen molar-refractivity contribution in [2.24, 2.45) is 0 Å². The van der Waals surface area contributed by atoms with Crippen LogP contribution in [0.3, 0.4) is 0 Å². The Labute approximate surface area is 156 Å². The lowest BCUT2D eigenvalue weighted by Gasteiger charge is -2.30. The fraction of sp³-hybridized carbons (Fsp3) is 0.700. The predicted molar refractivity (Wildman–Crippen MR) is 103 cm³/mol. The van der Waals surface area contributed by atoms with Gasteiger partial charge in [-0.1, -0.05) is 30.3 Å². The van der Waals surface area contributed by atoms with Gasteiger partial charge in [-0.25, -0.2) is 13.1 Å². The maximum Gasteiger partial charge on any atom is 0.209 e. The molecule has 1 saturated heterocycles. The average molecular weight is 379 g/mol. The minimum absolute atomic E-state index is 0.0480. The lowest BCUT2D eigenvalue weighted by Crippen LogP contribution is -2.46. The highest BCUT2D eigenvalue weighted by Gasteiger charge is 2.53. The molecule has 0 radical (unpaired) electrons. The van der Waals surface area contributed by atoms with Crippen LogP contribution in [-0.4, -0.2) is 45.0 Å². The van der Waals surface area contributed by atoms with Gasteiger partial charge < -0.3 is 10.1 Å². The Balaban J connectivity index is 1.27. The van der Waals surface area contributed by atoms with E-state index in [-0.39, 0.29) is 17.6 Å². The van der Waals surface area contributed by atoms with Crippen molar-refractivity contribution < 1.29 is 13.2 Å². The van der Waals surface area contributed by atoms with Gasteiger partial charge in [0.2, 0.25) is 10.0 Å². The summed E-state index contributed by atoms with van der Waals surface area (Å²) in [6.07, 6.45) is 9.22. The smallest absolute Gasteiger partial charge is 0.209 e. The van der Waals surface area contributed by atoms with Gasteiger partial charge in [-0.3, -0.25) is 0 Å². The summed E-state index contributed by atoms with van der Waals surface area (Å²) in [6.45, 7) is 0.593. The van der Waals surface area contributed by atoms with Gasteiger partial charge in [0.05, 0.1) is 19.0 Å². The summed E-state index contributed by atoms with van der Waals surface area (Å²) < 4.78 is 32.4. The van der Waals surface area contributed by atoms with Crippen LogP contribution in [0.5, 0.6) is 0 Å². The minimum atomic E-state index is -3.19. The van der Waals surface area contributed by atoms with E-state index in [4.69, 9.17) is 4.74 Å². The number of hydrogen-bond acceptors (Lipinski definition) is 4. The number of nitrogens with one attached hydrogen (secondary N) is 2. The fourth-order valence-corrected chi connectivity index (χ4v) is 5.50. The fourth-order valence-electron chi connectivity index (χ4n) is 4.70. The molecule has 2 aliphatic carbocycles. The Hall–Kier alpha value is -0.950. The van der Waals surface area contributed by atoms with Crippen LogP contribution >= 0.6 is 0 Å². The van der Waals surface area contributed by atoms with E-state index in [1.54, 1.807) is 0 Å². The molecule has 1 spiro atoms. The maximum atomic E-state index is 11.7. The van der Waals surface area contributed by atoms with Crippen LogP contribution in [0.15, 0.2) is 30.3 Å². The standard InChI is InChI=1S/C20H30N2O3S/c1-26(23,24)22-18-13-20(11-12-20)21-19(18)14-25-17-9-7-16(8-10-17)15-5-3-2-4-6-15/h2-6,16-19,21-22H,7-14H2,1H3/t16-,17+,18-,19-/m1/s1. The highest BCUT2D eigenvalue weighted by Crippen LogP contribution is 2.45. The van der Waals surface area contributed by atoms with E-state index in [1.165, 1.54) is 24.7 Å². The van der Waals surface area contributed by atoms with Crippen LogP contribution in [0.2, 0.25) is 0 Å². The van der Waals surface area contributed by atoms with E-state index in [2.05, 4.69) is 40.4 Å². The van der Waals surface area contributed by atoms with Crippen LogP contribution in [-0.2, 0) is 14.8 Å². The Bertz CT molecular complexity index is 710. The number of hydrogen-bond donors (Lipinski definition) is 2. The van der Waals surface area contributed by atoms with Crippen LogP contribution in [0.4, 0.5) is 0 Å². The molecule has 2 atom stereocenters. The van der Waals surface area contributed by atoms with Crippen molar-refractivity contribution in [2.45, 2.75) is 74.6 Å². The number of rotatable bonds is 6. The zero-order chi connectivity index (χ0) is 18.2. The third-order valence-corrected chi connectivity index (χ3v) is 6.99. The highest BCUT2D eigenvalue weighted by atomic mass is 32.2. The molecule has 1 heterocycles. The van der Waals surface area contributed by atoms with Gasteiger partial charge in [-0.2, -0.15) is 0 Å². The SMILES string of the molecule is CS(=O)(=O)N[C@@H]1CC2(CC2)N[C@@H]1CO[C@H]1CC[C@@H](c2ccccc2)CC1. The molecule has 6 heteroatoms. The molecular formula is C20H30N2O3S. The normalized spacial score (nSPS) is 33.4. The first-order chi connectivity index (χ1) is 12.4. The molecule has 3 aliphatic rings. The van der Waals surface area contributed by atoms with Gasteiger partial charge in [0.15, 0.2) is 0 Å². The molecule has 0 bridgehead atoms. The highest BCUT2D eigenvalue weighted by molar-refractivity contribution is 7.88. The monoisotopic (exact) mass is 378 g/mol. The second kappa shape index (κ2) is 7.23. The molecule has 3 fully saturated rings. The Morgan fingerprint density at radius 3 is 2.46 bits per heavy atom. The molecule has 1 aromatic rings. The predicted octanol–water partition coefficient (Wildman–Crippen LogP) is 2.54. The van der Waals surface area contributed by atoms with Gasteiger partial charge in [0.1, 0.15) is 0 Å². The molecule has 26 heavy (non-hydrogen) atoms. The van der Waals surface area contributed by atoms with Crippen LogP contribution in [0, 0.1) is 0 Å². The van der Waals surface area contributed by atoms with Crippen molar-refractivity contribution in [3.05, 3.63) is 35.9 Å². The van der Waals surface area contributed by atoms with Crippen molar-refractivity contribution in [1.29, 1.82) is 0 Å². The quantitative estimate of drug-likeness (QED) is 0.798. The average Bonchev–Trinajstić information content (AvgIpc) is 3.28. The second-order valence-electron chi connectivity index (χ2n) is 8.45. The van der Waals surface area contributed by atoms with E-state index in [0.29, 0.717) is 18.6 Å². The molecule has 4 rings (SSSR count). The van der Waals surface area contributed by atoms with Crippen LogP contribution in [0.1, 0.15) is 56.4 Å². The molecule has 2 N–H and O–H groups in total. The summed E-state index contributed by atoms with van der Waals surface area (Å²) >= 11 is 0. The van der Waals surface area contributed by atoms with Gasteiger partial charge in [0, 0.05) is 17.6 Å². The zero-order valence-corrected chi connectivity index (χ0v) is 16.3. The van der Waals surface area contributed by atoms with Gasteiger partial charge in [0.25, 0.3) is 0 Å². The third-order valence-electron chi connectivity index (χ3n) is 6.26. The molecule has 0 aromatic heterocycles. The minimum Gasteiger partial charge on any atom is -0.377 e. The zero-order valence-electron chi connectivity index (χ0n) is 15.5. The van der Waals surface area contributed by atoms with Crippen molar-refractivity contribution in [1.82, 2.24) is 10.0 Å². The van der Waals surface area contributed by atoms with E-state index in [1.807, 2.05) is 0 Å². The Kier molecular flexibility index (Phi) is 5.12. The van der Waals surface area contributed by atoms with Crippen LogP contribution < -0.4 is 10.0 Å². The summed E-state index contributed by atoms with van der Waals surface area (Å²) in [5, 5.41) is 3.64. The molecule has 144 valence electrons. The van der Waals surface area contributed by atoms with E-state index < -0.39 is 10.0 Å². The summed E-state index contributed by atoms with van der Waals surface area (Å²) in [6, 6.07) is 10.8. The third kappa shape index (κ3) is 4.47. The van der Waals surface area contributed by atoms with Crippen LogP contribution in [0.25, 0.3) is 0 Å². The second-order valence-corrected chi connectivity index (χ2v) is 10.2. The Morgan fingerprint density at radius 1 is 1.15 bits per heavy atom. The summed E-state index contributed by atoms with van der Waals surface area (Å²) in [5.41, 5.74) is 1.61. The van der Waals surface area contributed by atoms with Crippen molar-refractivity contribution >= 4 is 10.0 Å². The summed E-state index contributed by atoms with van der Waals surface area (Å²) in [7, 11) is -3.19. The van der Waals surface area contributed by atoms with Gasteiger partial charge in [-0.15, -0.1) is 0 Å². The molecule has 1 aliphatic heterocycles. The van der Waals surface area contributed by atoms with Crippen molar-refractivity contribution in [3.8, 4) is 0 Å². The van der Waals surface area contributed by atoms with Crippen molar-refractivity contribution in [2.75, 3.05) is 12.9 Å². The number of ether oxygens (including phenoxy) is 1. The molecule has 2 saturated carbocycles. The molecule has 1 aromatic carbocycles. The molecule has 0 amide bonds. The first-order valence-corrected chi connectivity index (χ1v) is 11.7. The summed E-state index contributed by atoms with van der Waals surface area (Å²) in [5.74, 6) is 0.648. The van der Waals surface area contributed by atoms with Gasteiger partial charge >= 0.3 is 0 Å². The van der Waals surface area contributed by atoms with Crippen molar-refractivity contribution in [3.63, 3.8) is 0 Å².